The van der Waals surface area contributed by atoms with Crippen LogP contribution in [0.25, 0.3) is 0 Å². The maximum Gasteiger partial charge on any atom is 0.316 e. The van der Waals surface area contributed by atoms with Crippen LogP contribution < -0.4 is 0 Å². The molecule has 0 atom stereocenters. The molecule has 0 aliphatic rings. The van der Waals surface area contributed by atoms with Gasteiger partial charge in [0.15, 0.2) is 0 Å². The summed E-state index contributed by atoms with van der Waals surface area (Å²) in [7, 11) is -1.98. The molecule has 0 radical (unpaired) electrons. The van der Waals surface area contributed by atoms with Gasteiger partial charge in [-0.1, -0.05) is 54.0 Å². The highest BCUT2D eigenvalue weighted by molar-refractivity contribution is 6.77. The highest BCUT2D eigenvalue weighted by Crippen LogP contribution is 2.38. The minimum atomic E-state index is -1.98. The van der Waals surface area contributed by atoms with Gasteiger partial charge in [-0.3, -0.25) is 0 Å². The summed E-state index contributed by atoms with van der Waals surface area (Å²) in [6.07, 6.45) is 3.59. The summed E-state index contributed by atoms with van der Waals surface area (Å²) in [4.78, 5) is 11.5. The Kier molecular flexibility index (Phi) is 6.64. The molecule has 0 saturated carbocycles. The smallest absolute Gasteiger partial charge is 0.316 e. The lowest BCUT2D eigenvalue weighted by atomic mass is 10.4. The summed E-state index contributed by atoms with van der Waals surface area (Å²) in [5.74, 6) is -0.245. The average Bonchev–Trinajstić information content (AvgIpc) is 2.22. The van der Waals surface area contributed by atoms with Crippen molar-refractivity contribution in [1.82, 2.24) is 0 Å². The van der Waals surface area contributed by atoms with Crippen molar-refractivity contribution in [2.45, 2.75) is 64.6 Å². The Morgan fingerprint density at radius 3 is 2.12 bits per heavy atom. The SMILES string of the molecule is C=CC(=O)O[Si](CCCC)(C(C)C)C(C)C. The Hall–Kier alpha value is -0.573. The fourth-order valence-corrected chi connectivity index (χ4v) is 6.64. The van der Waals surface area contributed by atoms with Crippen LogP contribution in [0.4, 0.5) is 0 Å². The first-order chi connectivity index (χ1) is 7.40. The van der Waals surface area contributed by atoms with Gasteiger partial charge in [0.2, 0.25) is 0 Å². The molecule has 0 amide bonds. The second kappa shape index (κ2) is 6.89. The Morgan fingerprint density at radius 1 is 1.31 bits per heavy atom. The fraction of sp³-hybridized carbons (Fsp3) is 0.769. The molecule has 3 heteroatoms. The van der Waals surface area contributed by atoms with E-state index in [0.29, 0.717) is 11.1 Å². The minimum absolute atomic E-state index is 0.245. The molecule has 94 valence electrons. The Bertz CT molecular complexity index is 226. The van der Waals surface area contributed by atoms with Gasteiger partial charge in [0.25, 0.3) is 8.32 Å². The molecule has 0 rings (SSSR count). The van der Waals surface area contributed by atoms with E-state index in [-0.39, 0.29) is 5.97 Å². The van der Waals surface area contributed by atoms with Crippen molar-refractivity contribution in [1.29, 1.82) is 0 Å². The summed E-state index contributed by atoms with van der Waals surface area (Å²) < 4.78 is 5.79. The standard InChI is InChI=1S/C13H26O2Si/c1-7-9-10-16(11(3)4,12(5)6)15-13(14)8-2/h8,11-12H,2,7,9-10H2,1,3-6H3. The van der Waals surface area contributed by atoms with Crippen LogP contribution in [-0.2, 0) is 9.22 Å². The van der Waals surface area contributed by atoms with Crippen LogP contribution in [0.1, 0.15) is 47.5 Å². The van der Waals surface area contributed by atoms with Gasteiger partial charge >= 0.3 is 5.97 Å². The van der Waals surface area contributed by atoms with Gasteiger partial charge in [0, 0.05) is 6.08 Å². The van der Waals surface area contributed by atoms with Crippen molar-refractivity contribution in [3.63, 3.8) is 0 Å². The molecule has 0 aromatic rings. The highest BCUT2D eigenvalue weighted by atomic mass is 28.4. The van der Waals surface area contributed by atoms with E-state index in [2.05, 4.69) is 41.2 Å². The largest absolute Gasteiger partial charge is 0.515 e. The van der Waals surface area contributed by atoms with E-state index >= 15 is 0 Å². The van der Waals surface area contributed by atoms with E-state index in [9.17, 15) is 4.79 Å². The third-order valence-corrected chi connectivity index (χ3v) is 8.96. The van der Waals surface area contributed by atoms with Crippen LogP contribution in [-0.4, -0.2) is 14.3 Å². The normalized spacial score (nSPS) is 11.9. The molecule has 16 heavy (non-hydrogen) atoms. The Morgan fingerprint density at radius 2 is 1.81 bits per heavy atom. The fourth-order valence-electron chi connectivity index (χ4n) is 2.21. The molecule has 0 bridgehead atoms. The molecular weight excluding hydrogens is 216 g/mol. The van der Waals surface area contributed by atoms with Crippen molar-refractivity contribution >= 4 is 14.3 Å². The topological polar surface area (TPSA) is 26.3 Å². The lowest BCUT2D eigenvalue weighted by molar-refractivity contribution is -0.130. The van der Waals surface area contributed by atoms with E-state index in [4.69, 9.17) is 4.43 Å². The summed E-state index contributed by atoms with van der Waals surface area (Å²) in [6, 6.07) is 1.07. The van der Waals surface area contributed by atoms with Crippen molar-refractivity contribution in [2.75, 3.05) is 0 Å². The predicted octanol–water partition coefficient (Wildman–Crippen LogP) is 4.28. The monoisotopic (exact) mass is 242 g/mol. The molecule has 0 N–H and O–H groups in total. The summed E-state index contributed by atoms with van der Waals surface area (Å²) >= 11 is 0. The van der Waals surface area contributed by atoms with Crippen molar-refractivity contribution in [3.05, 3.63) is 12.7 Å². The van der Waals surface area contributed by atoms with Gasteiger partial charge in [0.1, 0.15) is 0 Å². The van der Waals surface area contributed by atoms with Crippen molar-refractivity contribution in [2.24, 2.45) is 0 Å². The van der Waals surface area contributed by atoms with Gasteiger partial charge < -0.3 is 4.43 Å². The number of unbranched alkanes of at least 4 members (excludes halogenated alkanes) is 1. The van der Waals surface area contributed by atoms with Gasteiger partial charge in [-0.25, -0.2) is 4.79 Å². The Labute approximate surface area is 101 Å². The number of hydrogen-bond donors (Lipinski definition) is 0. The third kappa shape index (κ3) is 3.78. The average molecular weight is 242 g/mol. The van der Waals surface area contributed by atoms with Gasteiger partial charge in [-0.15, -0.1) is 0 Å². The van der Waals surface area contributed by atoms with Crippen molar-refractivity contribution < 1.29 is 9.22 Å². The maximum atomic E-state index is 11.5. The number of hydrogen-bond acceptors (Lipinski definition) is 2. The molecule has 0 aliphatic heterocycles. The van der Waals surface area contributed by atoms with E-state index in [0.717, 1.165) is 18.9 Å². The molecule has 0 fully saturated rings. The molecule has 0 aromatic carbocycles. The minimum Gasteiger partial charge on any atom is -0.515 e. The quantitative estimate of drug-likeness (QED) is 0.492. The molecule has 0 unspecified atom stereocenters. The zero-order chi connectivity index (χ0) is 12.8. The van der Waals surface area contributed by atoms with E-state index in [1.807, 2.05) is 0 Å². The lowest BCUT2D eigenvalue weighted by Crippen LogP contribution is -2.46. The molecule has 0 spiro atoms. The van der Waals surface area contributed by atoms with Crippen LogP contribution in [0.15, 0.2) is 12.7 Å². The number of carbonyl (C=O) groups excluding carboxylic acids is 1. The lowest BCUT2D eigenvalue weighted by Gasteiger charge is -2.37. The van der Waals surface area contributed by atoms with Crippen LogP contribution in [0.3, 0.4) is 0 Å². The summed E-state index contributed by atoms with van der Waals surface area (Å²) in [6.45, 7) is 14.4. The van der Waals surface area contributed by atoms with Crippen LogP contribution in [0, 0.1) is 0 Å². The number of carbonyl (C=O) groups is 1. The summed E-state index contributed by atoms with van der Waals surface area (Å²) in [5.41, 5.74) is 0.922. The molecule has 0 aliphatic carbocycles. The molecule has 0 aromatic heterocycles. The van der Waals surface area contributed by atoms with Crippen LogP contribution in [0.5, 0.6) is 0 Å². The zero-order valence-electron chi connectivity index (χ0n) is 11.4. The molecule has 0 heterocycles. The van der Waals surface area contributed by atoms with E-state index in [1.165, 1.54) is 6.08 Å². The third-order valence-electron chi connectivity index (χ3n) is 3.33. The first-order valence-electron chi connectivity index (χ1n) is 6.26. The van der Waals surface area contributed by atoms with Gasteiger partial charge in [-0.2, -0.15) is 0 Å². The molecule has 2 nitrogen and oxygen atoms in total. The van der Waals surface area contributed by atoms with Gasteiger partial charge in [-0.05, 0) is 17.1 Å². The Balaban J connectivity index is 4.93. The van der Waals surface area contributed by atoms with Crippen LogP contribution in [0.2, 0.25) is 17.1 Å². The maximum absolute atomic E-state index is 11.5. The van der Waals surface area contributed by atoms with E-state index in [1.54, 1.807) is 0 Å². The molecule has 0 saturated heterocycles. The van der Waals surface area contributed by atoms with Crippen LogP contribution >= 0.6 is 0 Å². The van der Waals surface area contributed by atoms with E-state index < -0.39 is 8.32 Å². The highest BCUT2D eigenvalue weighted by Gasteiger charge is 2.44. The summed E-state index contributed by atoms with van der Waals surface area (Å²) in [5, 5.41) is 0. The zero-order valence-corrected chi connectivity index (χ0v) is 12.4. The number of rotatable bonds is 7. The second-order valence-electron chi connectivity index (χ2n) is 4.99. The predicted molar refractivity (Wildman–Crippen MR) is 72.0 cm³/mol. The molecular formula is C13H26O2Si. The second-order valence-corrected chi connectivity index (χ2v) is 9.92. The first-order valence-corrected chi connectivity index (χ1v) is 8.53. The van der Waals surface area contributed by atoms with Gasteiger partial charge in [0.05, 0.1) is 0 Å². The van der Waals surface area contributed by atoms with Crippen molar-refractivity contribution in [3.8, 4) is 0 Å². The first kappa shape index (κ1) is 15.4.